The van der Waals surface area contributed by atoms with E-state index >= 15 is 0 Å². The largest absolute Gasteiger partial charge is 0.314 e. The highest BCUT2D eigenvalue weighted by molar-refractivity contribution is 7.94. The fourth-order valence-electron chi connectivity index (χ4n) is 2.59. The van der Waals surface area contributed by atoms with E-state index in [9.17, 15) is 0 Å². The number of hydrogen-bond donors (Lipinski definition) is 0. The summed E-state index contributed by atoms with van der Waals surface area (Å²) in [4.78, 5) is 1.30. The molecule has 0 fully saturated rings. The normalized spacial score (nSPS) is 12.7. The lowest BCUT2D eigenvalue weighted by Gasteiger charge is -2.26. The van der Waals surface area contributed by atoms with Crippen LogP contribution in [0.25, 0.3) is 0 Å². The van der Waals surface area contributed by atoms with Crippen molar-refractivity contribution in [3.63, 3.8) is 0 Å². The molecule has 1 aromatic rings. The Balaban J connectivity index is 2.97. The summed E-state index contributed by atoms with van der Waals surface area (Å²) >= 11 is 1.51. The molecule has 0 unspecified atom stereocenters. The average Bonchev–Trinajstić information content (AvgIpc) is 2.52. The van der Waals surface area contributed by atoms with E-state index in [-0.39, 0.29) is 0 Å². The van der Waals surface area contributed by atoms with Crippen molar-refractivity contribution in [3.8, 4) is 0 Å². The molecule has 23 heavy (non-hydrogen) atoms. The zero-order valence-electron chi connectivity index (χ0n) is 16.3. The third-order valence-corrected chi connectivity index (χ3v) is 6.17. The summed E-state index contributed by atoms with van der Waals surface area (Å²) in [6.45, 7) is 14.1. The predicted octanol–water partition coefficient (Wildman–Crippen LogP) is 7.08. The Morgan fingerprint density at radius 1 is 0.913 bits per heavy atom. The van der Waals surface area contributed by atoms with Crippen molar-refractivity contribution in [3.05, 3.63) is 29.3 Å². The lowest BCUT2D eigenvalue weighted by Crippen LogP contribution is -2.14. The number of aryl methyl sites for hydroxylation is 1. The Morgan fingerprint density at radius 3 is 2.00 bits per heavy atom. The van der Waals surface area contributed by atoms with E-state index in [4.69, 9.17) is 4.18 Å². The second-order valence-corrected chi connectivity index (χ2v) is 9.12. The van der Waals surface area contributed by atoms with E-state index in [0.29, 0.717) is 10.8 Å². The van der Waals surface area contributed by atoms with Gasteiger partial charge in [0.15, 0.2) is 0 Å². The van der Waals surface area contributed by atoms with Gasteiger partial charge in [0, 0.05) is 16.9 Å². The van der Waals surface area contributed by atoms with Crippen LogP contribution >= 0.6 is 12.0 Å². The van der Waals surface area contributed by atoms with Crippen molar-refractivity contribution in [1.82, 2.24) is 0 Å². The molecular formula is C21H36OS. The standard InChI is InChI=1S/C21H36OS/c1-8-20(3,4)15-13-17-11-10-12-19(23-22-7)18(17)14-16-21(5,6)9-2/h10-12H,8-9,13-16H2,1-7H3. The van der Waals surface area contributed by atoms with Crippen molar-refractivity contribution in [2.24, 2.45) is 10.8 Å². The van der Waals surface area contributed by atoms with Crippen LogP contribution in [0, 0.1) is 10.8 Å². The van der Waals surface area contributed by atoms with E-state index in [0.717, 1.165) is 6.42 Å². The van der Waals surface area contributed by atoms with Crippen LogP contribution in [0.3, 0.4) is 0 Å². The first-order valence-corrected chi connectivity index (χ1v) is 9.80. The zero-order chi connectivity index (χ0) is 17.5. The molecule has 0 atom stereocenters. The topological polar surface area (TPSA) is 9.23 Å². The van der Waals surface area contributed by atoms with Gasteiger partial charge in [-0.25, -0.2) is 0 Å². The molecule has 0 N–H and O–H groups in total. The van der Waals surface area contributed by atoms with Crippen molar-refractivity contribution in [1.29, 1.82) is 0 Å². The Labute approximate surface area is 148 Å². The van der Waals surface area contributed by atoms with E-state index < -0.39 is 0 Å². The lowest BCUT2D eigenvalue weighted by atomic mass is 9.81. The average molecular weight is 337 g/mol. The van der Waals surface area contributed by atoms with Crippen LogP contribution in [0.4, 0.5) is 0 Å². The first-order chi connectivity index (χ1) is 10.7. The Bertz CT molecular complexity index is 477. The SMILES string of the molecule is CCC(C)(C)CCc1cccc(SOC)c1CCC(C)(C)CC. The minimum atomic E-state index is 0.408. The maximum Gasteiger partial charge on any atom is 0.0508 e. The molecule has 0 amide bonds. The molecule has 0 aliphatic rings. The summed E-state index contributed by atoms with van der Waals surface area (Å²) in [6, 6.07) is 6.71. The summed E-state index contributed by atoms with van der Waals surface area (Å²) < 4.78 is 5.37. The highest BCUT2D eigenvalue weighted by Gasteiger charge is 2.20. The van der Waals surface area contributed by atoms with Crippen LogP contribution in [-0.4, -0.2) is 7.11 Å². The molecule has 0 aliphatic heterocycles. The minimum absolute atomic E-state index is 0.408. The van der Waals surface area contributed by atoms with Crippen molar-refractivity contribution < 1.29 is 4.18 Å². The minimum Gasteiger partial charge on any atom is -0.314 e. The fraction of sp³-hybridized carbons (Fsp3) is 0.714. The number of benzene rings is 1. The molecule has 0 aliphatic carbocycles. The maximum absolute atomic E-state index is 5.37. The van der Waals surface area contributed by atoms with Gasteiger partial charge >= 0.3 is 0 Å². The highest BCUT2D eigenvalue weighted by Crippen LogP contribution is 2.34. The van der Waals surface area contributed by atoms with E-state index in [1.807, 2.05) is 0 Å². The molecule has 0 spiro atoms. The second kappa shape index (κ2) is 9.13. The van der Waals surface area contributed by atoms with Crippen molar-refractivity contribution in [2.75, 3.05) is 7.11 Å². The summed E-state index contributed by atoms with van der Waals surface area (Å²) in [7, 11) is 1.76. The second-order valence-electron chi connectivity index (χ2n) is 8.18. The summed E-state index contributed by atoms with van der Waals surface area (Å²) in [5.74, 6) is 0. The van der Waals surface area contributed by atoms with Crippen molar-refractivity contribution in [2.45, 2.75) is 85.0 Å². The monoisotopic (exact) mass is 336 g/mol. The number of hydrogen-bond acceptors (Lipinski definition) is 2. The number of rotatable bonds is 10. The third-order valence-electron chi connectivity index (χ3n) is 5.44. The Morgan fingerprint density at radius 2 is 1.48 bits per heavy atom. The molecule has 132 valence electrons. The zero-order valence-corrected chi connectivity index (χ0v) is 17.1. The Kier molecular flexibility index (Phi) is 8.17. The molecular weight excluding hydrogens is 300 g/mol. The van der Waals surface area contributed by atoms with Gasteiger partial charge in [0.2, 0.25) is 0 Å². The predicted molar refractivity (Wildman–Crippen MR) is 104 cm³/mol. The van der Waals surface area contributed by atoms with Crippen LogP contribution in [0.15, 0.2) is 23.1 Å². The summed E-state index contributed by atoms with van der Waals surface area (Å²) in [5.41, 5.74) is 3.85. The van der Waals surface area contributed by atoms with Crippen LogP contribution in [0.5, 0.6) is 0 Å². The molecule has 2 heteroatoms. The molecule has 1 nitrogen and oxygen atoms in total. The fourth-order valence-corrected chi connectivity index (χ4v) is 3.23. The molecule has 0 saturated heterocycles. The Hall–Kier alpha value is -0.470. The quantitative estimate of drug-likeness (QED) is 0.422. The highest BCUT2D eigenvalue weighted by atomic mass is 32.2. The molecule has 0 heterocycles. The first-order valence-electron chi connectivity index (χ1n) is 9.06. The van der Waals surface area contributed by atoms with Gasteiger partial charge in [-0.1, -0.05) is 66.5 Å². The van der Waals surface area contributed by atoms with E-state index in [1.165, 1.54) is 60.2 Å². The van der Waals surface area contributed by atoms with Gasteiger partial charge in [-0.15, -0.1) is 0 Å². The van der Waals surface area contributed by atoms with Gasteiger partial charge in [0.1, 0.15) is 0 Å². The van der Waals surface area contributed by atoms with Gasteiger partial charge in [0.05, 0.1) is 7.11 Å². The van der Waals surface area contributed by atoms with Gasteiger partial charge in [0.25, 0.3) is 0 Å². The van der Waals surface area contributed by atoms with E-state index in [2.05, 4.69) is 59.7 Å². The summed E-state index contributed by atoms with van der Waals surface area (Å²) in [5, 5.41) is 0. The van der Waals surface area contributed by atoms with Crippen LogP contribution < -0.4 is 0 Å². The molecule has 1 rings (SSSR count). The van der Waals surface area contributed by atoms with Crippen molar-refractivity contribution >= 4 is 12.0 Å². The van der Waals surface area contributed by atoms with E-state index in [1.54, 1.807) is 7.11 Å². The van der Waals surface area contributed by atoms with Gasteiger partial charge in [-0.3, -0.25) is 0 Å². The van der Waals surface area contributed by atoms with Gasteiger partial charge < -0.3 is 4.18 Å². The molecule has 0 saturated carbocycles. The first kappa shape index (κ1) is 20.6. The lowest BCUT2D eigenvalue weighted by molar-refractivity contribution is 0.316. The van der Waals surface area contributed by atoms with Crippen LogP contribution in [0.2, 0.25) is 0 Å². The molecule has 1 aromatic carbocycles. The molecule has 0 bridgehead atoms. The molecule has 0 aromatic heterocycles. The third kappa shape index (κ3) is 6.89. The summed E-state index contributed by atoms with van der Waals surface area (Å²) in [6.07, 6.45) is 7.25. The van der Waals surface area contributed by atoms with Crippen LogP contribution in [0.1, 0.15) is 78.4 Å². The smallest absolute Gasteiger partial charge is 0.0508 e. The van der Waals surface area contributed by atoms with Crippen LogP contribution in [-0.2, 0) is 17.0 Å². The molecule has 0 radical (unpaired) electrons. The van der Waals surface area contributed by atoms with Gasteiger partial charge in [-0.2, -0.15) is 0 Å². The maximum atomic E-state index is 5.37. The van der Waals surface area contributed by atoms with Gasteiger partial charge in [-0.05, 0) is 53.7 Å².